The Balaban J connectivity index is 2.16. The number of fused-ring (bicyclic) bond motifs is 1. The van der Waals surface area contributed by atoms with E-state index in [-0.39, 0.29) is 5.69 Å². The van der Waals surface area contributed by atoms with Gasteiger partial charge in [0.1, 0.15) is 5.69 Å². The van der Waals surface area contributed by atoms with Gasteiger partial charge in [0, 0.05) is 22.3 Å². The highest BCUT2D eigenvalue weighted by Gasteiger charge is 2.13. The number of anilines is 3. The van der Waals surface area contributed by atoms with Gasteiger partial charge in [-0.2, -0.15) is 0 Å². The Hall–Kier alpha value is -2.04. The molecule has 0 aliphatic carbocycles. The van der Waals surface area contributed by atoms with Gasteiger partial charge in [-0.3, -0.25) is 4.98 Å². The summed E-state index contributed by atoms with van der Waals surface area (Å²) >= 11 is 12.0. The molecule has 0 saturated carbocycles. The van der Waals surface area contributed by atoms with Crippen LogP contribution in [0.2, 0.25) is 10.0 Å². The minimum Gasteiger partial charge on any atom is -0.398 e. The molecule has 1 aromatic heterocycles. The lowest BCUT2D eigenvalue weighted by Crippen LogP contribution is -2.00. The molecule has 2 aromatic carbocycles. The quantitative estimate of drug-likeness (QED) is 0.652. The largest absolute Gasteiger partial charge is 0.398 e. The predicted molar refractivity (Wildman–Crippen MR) is 85.9 cm³/mol. The molecule has 0 saturated heterocycles. The summed E-state index contributed by atoms with van der Waals surface area (Å²) in [5.74, 6) is -0.496. The maximum Gasteiger partial charge on any atom is 0.150 e. The first-order valence-electron chi connectivity index (χ1n) is 6.11. The highest BCUT2D eigenvalue weighted by atomic mass is 35.5. The highest BCUT2D eigenvalue weighted by molar-refractivity contribution is 6.36. The number of hydrogen-bond donors (Lipinski definition) is 2. The van der Waals surface area contributed by atoms with Crippen LogP contribution in [0.4, 0.5) is 21.5 Å². The smallest absolute Gasteiger partial charge is 0.150 e. The van der Waals surface area contributed by atoms with Gasteiger partial charge in [-0.25, -0.2) is 4.39 Å². The fourth-order valence-electron chi connectivity index (χ4n) is 2.08. The van der Waals surface area contributed by atoms with Crippen LogP contribution in [-0.2, 0) is 0 Å². The normalized spacial score (nSPS) is 10.8. The summed E-state index contributed by atoms with van der Waals surface area (Å²) in [5.41, 5.74) is 7.36. The number of benzene rings is 2. The summed E-state index contributed by atoms with van der Waals surface area (Å²) in [7, 11) is 0. The molecule has 21 heavy (non-hydrogen) atoms. The molecule has 0 spiro atoms. The lowest BCUT2D eigenvalue weighted by molar-refractivity contribution is 0.634. The molecule has 0 aliphatic heterocycles. The van der Waals surface area contributed by atoms with E-state index in [2.05, 4.69) is 10.3 Å². The predicted octanol–water partition coefficient (Wildman–Crippen LogP) is 5.01. The zero-order chi connectivity index (χ0) is 15.0. The zero-order valence-electron chi connectivity index (χ0n) is 10.7. The van der Waals surface area contributed by atoms with E-state index in [0.717, 1.165) is 0 Å². The second-order valence-electron chi connectivity index (χ2n) is 4.47. The van der Waals surface area contributed by atoms with Crippen molar-refractivity contribution in [2.45, 2.75) is 0 Å². The Morgan fingerprint density at radius 2 is 1.95 bits per heavy atom. The molecule has 0 radical (unpaired) electrons. The maximum atomic E-state index is 14.2. The average Bonchev–Trinajstić information content (AvgIpc) is 2.45. The monoisotopic (exact) mass is 321 g/mol. The van der Waals surface area contributed by atoms with Gasteiger partial charge in [0.25, 0.3) is 0 Å². The van der Waals surface area contributed by atoms with Crippen LogP contribution in [0.15, 0.2) is 42.6 Å². The van der Waals surface area contributed by atoms with Gasteiger partial charge in [0.15, 0.2) is 5.82 Å². The molecule has 3 N–H and O–H groups in total. The van der Waals surface area contributed by atoms with E-state index in [1.165, 1.54) is 6.07 Å². The Labute approximate surface area is 130 Å². The van der Waals surface area contributed by atoms with Gasteiger partial charge < -0.3 is 11.1 Å². The van der Waals surface area contributed by atoms with E-state index in [4.69, 9.17) is 28.9 Å². The summed E-state index contributed by atoms with van der Waals surface area (Å²) in [6.07, 6.45) is 1.58. The van der Waals surface area contributed by atoms with Crippen molar-refractivity contribution in [3.63, 3.8) is 0 Å². The number of hydrogen-bond acceptors (Lipinski definition) is 3. The van der Waals surface area contributed by atoms with E-state index in [9.17, 15) is 4.39 Å². The molecule has 1 heterocycles. The summed E-state index contributed by atoms with van der Waals surface area (Å²) < 4.78 is 14.2. The topological polar surface area (TPSA) is 50.9 Å². The Morgan fingerprint density at radius 3 is 2.71 bits per heavy atom. The van der Waals surface area contributed by atoms with Crippen molar-refractivity contribution in [1.82, 2.24) is 4.98 Å². The van der Waals surface area contributed by atoms with E-state index < -0.39 is 5.82 Å². The van der Waals surface area contributed by atoms with Crippen LogP contribution >= 0.6 is 23.2 Å². The van der Waals surface area contributed by atoms with Crippen molar-refractivity contribution in [3.8, 4) is 0 Å². The van der Waals surface area contributed by atoms with Crippen molar-refractivity contribution < 1.29 is 4.39 Å². The second-order valence-corrected chi connectivity index (χ2v) is 5.31. The number of halogens is 3. The van der Waals surface area contributed by atoms with Crippen LogP contribution in [0, 0.1) is 5.82 Å². The van der Waals surface area contributed by atoms with Crippen LogP contribution < -0.4 is 11.1 Å². The number of pyridine rings is 1. The van der Waals surface area contributed by atoms with Gasteiger partial charge in [-0.05, 0) is 36.4 Å². The van der Waals surface area contributed by atoms with Crippen molar-refractivity contribution >= 4 is 51.2 Å². The van der Waals surface area contributed by atoms with Gasteiger partial charge in [0.05, 0.1) is 16.2 Å². The number of nitrogens with one attached hydrogen (secondary N) is 1. The molecule has 0 aliphatic rings. The summed E-state index contributed by atoms with van der Waals surface area (Å²) in [4.78, 5) is 4.19. The molecule has 0 unspecified atom stereocenters. The molecule has 106 valence electrons. The van der Waals surface area contributed by atoms with Gasteiger partial charge in [0.2, 0.25) is 0 Å². The molecule has 3 aromatic rings. The lowest BCUT2D eigenvalue weighted by atomic mass is 10.1. The first kappa shape index (κ1) is 13.9. The van der Waals surface area contributed by atoms with E-state index in [0.29, 0.717) is 32.3 Å². The third-order valence-electron chi connectivity index (χ3n) is 3.07. The molecule has 0 fully saturated rings. The van der Waals surface area contributed by atoms with Crippen molar-refractivity contribution in [3.05, 3.63) is 58.5 Å². The van der Waals surface area contributed by atoms with Crippen LogP contribution in [-0.4, -0.2) is 4.98 Å². The number of rotatable bonds is 2. The Bertz CT molecular complexity index is 837. The van der Waals surface area contributed by atoms with E-state index >= 15 is 0 Å². The zero-order valence-corrected chi connectivity index (χ0v) is 12.2. The van der Waals surface area contributed by atoms with Gasteiger partial charge >= 0.3 is 0 Å². The van der Waals surface area contributed by atoms with Crippen LogP contribution in [0.3, 0.4) is 0 Å². The van der Waals surface area contributed by atoms with Crippen molar-refractivity contribution in [1.29, 1.82) is 0 Å². The number of nitrogen functional groups attached to an aromatic ring is 1. The standard InChI is InChI=1S/C15H10Cl2FN3/c16-8-3-4-13(10(17)6-8)21-15-11(18)7-12(19)9-2-1-5-20-14(9)15/h1-7,21H,19H2. The number of aromatic nitrogens is 1. The van der Waals surface area contributed by atoms with Crippen molar-refractivity contribution in [2.75, 3.05) is 11.1 Å². The van der Waals surface area contributed by atoms with Crippen LogP contribution in [0.5, 0.6) is 0 Å². The SMILES string of the molecule is Nc1cc(F)c(Nc2ccc(Cl)cc2Cl)c2ncccc12. The summed E-state index contributed by atoms with van der Waals surface area (Å²) in [6.45, 7) is 0. The molecular weight excluding hydrogens is 312 g/mol. The summed E-state index contributed by atoms with van der Waals surface area (Å²) in [5, 5.41) is 4.52. The minimum absolute atomic E-state index is 0.226. The molecular formula is C15H10Cl2FN3. The van der Waals surface area contributed by atoms with Crippen molar-refractivity contribution in [2.24, 2.45) is 0 Å². The van der Waals surface area contributed by atoms with Crippen LogP contribution in [0.25, 0.3) is 10.9 Å². The lowest BCUT2D eigenvalue weighted by Gasteiger charge is -2.13. The third kappa shape index (κ3) is 2.60. The Morgan fingerprint density at radius 1 is 1.14 bits per heavy atom. The molecule has 0 atom stereocenters. The molecule has 3 rings (SSSR count). The third-order valence-corrected chi connectivity index (χ3v) is 3.62. The fraction of sp³-hybridized carbons (Fsp3) is 0. The van der Waals surface area contributed by atoms with E-state index in [1.807, 2.05) is 0 Å². The van der Waals surface area contributed by atoms with Crippen LogP contribution in [0.1, 0.15) is 0 Å². The first-order chi connectivity index (χ1) is 10.1. The summed E-state index contributed by atoms with van der Waals surface area (Å²) in [6, 6.07) is 9.71. The number of nitrogens with two attached hydrogens (primary N) is 1. The molecule has 0 amide bonds. The molecule has 6 heteroatoms. The van der Waals surface area contributed by atoms with Gasteiger partial charge in [-0.1, -0.05) is 23.2 Å². The second kappa shape index (κ2) is 5.39. The molecule has 3 nitrogen and oxygen atoms in total. The fourth-order valence-corrected chi connectivity index (χ4v) is 2.54. The van der Waals surface area contributed by atoms with Gasteiger partial charge in [-0.15, -0.1) is 0 Å². The maximum absolute atomic E-state index is 14.2. The first-order valence-corrected chi connectivity index (χ1v) is 6.86. The average molecular weight is 322 g/mol. The number of nitrogens with zero attached hydrogens (tertiary/aromatic N) is 1. The highest BCUT2D eigenvalue weighted by Crippen LogP contribution is 2.34. The van der Waals surface area contributed by atoms with E-state index in [1.54, 1.807) is 36.5 Å². The molecule has 0 bridgehead atoms. The minimum atomic E-state index is -0.496. The Kier molecular flexibility index (Phi) is 3.57.